The van der Waals surface area contributed by atoms with Gasteiger partial charge in [0.15, 0.2) is 5.16 Å². The summed E-state index contributed by atoms with van der Waals surface area (Å²) in [6.45, 7) is 0.638. The molecule has 7 heteroatoms. The maximum atomic E-state index is 5.72. The second-order valence-corrected chi connectivity index (χ2v) is 7.87. The van der Waals surface area contributed by atoms with Crippen LogP contribution in [0.4, 0.5) is 0 Å². The molecule has 0 saturated heterocycles. The SMILES string of the molecule is Cn1c(Cc2cccs2)nnc1SCCOc1ccc(Br)cc1. The Kier molecular flexibility index (Phi) is 5.75. The van der Waals surface area contributed by atoms with Gasteiger partial charge in [0.05, 0.1) is 6.61 Å². The average molecular weight is 410 g/mol. The van der Waals surface area contributed by atoms with Crippen molar-refractivity contribution >= 4 is 39.0 Å². The van der Waals surface area contributed by atoms with Gasteiger partial charge in [0.25, 0.3) is 0 Å². The Balaban J connectivity index is 1.48. The van der Waals surface area contributed by atoms with Crippen molar-refractivity contribution in [3.05, 3.63) is 57.0 Å². The van der Waals surface area contributed by atoms with Crippen LogP contribution in [0.25, 0.3) is 0 Å². The van der Waals surface area contributed by atoms with Crippen molar-refractivity contribution in [3.63, 3.8) is 0 Å². The summed E-state index contributed by atoms with van der Waals surface area (Å²) in [4.78, 5) is 1.30. The first-order chi connectivity index (χ1) is 11.2. The van der Waals surface area contributed by atoms with E-state index in [4.69, 9.17) is 4.74 Å². The Bertz CT molecular complexity index is 741. The summed E-state index contributed by atoms with van der Waals surface area (Å²) in [5, 5.41) is 11.6. The van der Waals surface area contributed by atoms with Gasteiger partial charge < -0.3 is 9.30 Å². The number of aromatic nitrogens is 3. The predicted octanol–water partition coefficient (Wildman–Crippen LogP) is 4.40. The second-order valence-electron chi connectivity index (χ2n) is 4.86. The van der Waals surface area contributed by atoms with E-state index in [0.717, 1.165) is 33.4 Å². The van der Waals surface area contributed by atoms with Crippen LogP contribution in [-0.4, -0.2) is 27.1 Å². The molecule has 0 unspecified atom stereocenters. The van der Waals surface area contributed by atoms with Crippen molar-refractivity contribution in [2.75, 3.05) is 12.4 Å². The summed E-state index contributed by atoms with van der Waals surface area (Å²) >= 11 is 6.82. The van der Waals surface area contributed by atoms with E-state index in [-0.39, 0.29) is 0 Å². The van der Waals surface area contributed by atoms with Gasteiger partial charge in [-0.15, -0.1) is 21.5 Å². The second kappa shape index (κ2) is 7.99. The van der Waals surface area contributed by atoms with E-state index < -0.39 is 0 Å². The fraction of sp³-hybridized carbons (Fsp3) is 0.250. The van der Waals surface area contributed by atoms with E-state index in [0.29, 0.717) is 6.61 Å². The van der Waals surface area contributed by atoms with Crippen LogP contribution in [-0.2, 0) is 13.5 Å². The zero-order chi connectivity index (χ0) is 16.1. The molecule has 0 aliphatic heterocycles. The molecule has 0 atom stereocenters. The molecule has 0 radical (unpaired) electrons. The summed E-state index contributed by atoms with van der Waals surface area (Å²) in [5.41, 5.74) is 0. The number of halogens is 1. The van der Waals surface area contributed by atoms with E-state index in [9.17, 15) is 0 Å². The number of benzene rings is 1. The molecule has 0 N–H and O–H groups in total. The molecule has 0 spiro atoms. The number of thioether (sulfide) groups is 1. The monoisotopic (exact) mass is 409 g/mol. The van der Waals surface area contributed by atoms with Crippen LogP contribution < -0.4 is 4.74 Å². The third-order valence-electron chi connectivity index (χ3n) is 3.23. The van der Waals surface area contributed by atoms with E-state index in [1.165, 1.54) is 4.88 Å². The zero-order valence-electron chi connectivity index (χ0n) is 12.6. The van der Waals surface area contributed by atoms with Crippen molar-refractivity contribution in [2.45, 2.75) is 11.6 Å². The van der Waals surface area contributed by atoms with Crippen LogP contribution in [0.3, 0.4) is 0 Å². The third-order valence-corrected chi connectivity index (χ3v) is 5.62. The predicted molar refractivity (Wildman–Crippen MR) is 98.5 cm³/mol. The number of nitrogens with zero attached hydrogens (tertiary/aromatic N) is 3. The van der Waals surface area contributed by atoms with Crippen molar-refractivity contribution in [2.24, 2.45) is 7.05 Å². The smallest absolute Gasteiger partial charge is 0.191 e. The summed E-state index contributed by atoms with van der Waals surface area (Å²) in [6, 6.07) is 12.0. The van der Waals surface area contributed by atoms with Crippen molar-refractivity contribution in [3.8, 4) is 5.75 Å². The van der Waals surface area contributed by atoms with E-state index in [1.54, 1.807) is 23.1 Å². The molecule has 0 amide bonds. The van der Waals surface area contributed by atoms with Gasteiger partial charge in [0.1, 0.15) is 11.6 Å². The molecule has 0 fully saturated rings. The maximum absolute atomic E-state index is 5.72. The van der Waals surface area contributed by atoms with Crippen LogP contribution in [0.5, 0.6) is 5.75 Å². The van der Waals surface area contributed by atoms with Crippen LogP contribution in [0.1, 0.15) is 10.7 Å². The minimum Gasteiger partial charge on any atom is -0.493 e. The lowest BCUT2D eigenvalue weighted by Crippen LogP contribution is -2.03. The lowest BCUT2D eigenvalue weighted by atomic mass is 10.3. The minimum absolute atomic E-state index is 0.638. The number of thiophene rings is 1. The van der Waals surface area contributed by atoms with Gasteiger partial charge in [0.2, 0.25) is 0 Å². The number of ether oxygens (including phenoxy) is 1. The van der Waals surface area contributed by atoms with Gasteiger partial charge in [-0.05, 0) is 35.7 Å². The normalized spacial score (nSPS) is 10.9. The molecule has 23 heavy (non-hydrogen) atoms. The fourth-order valence-electron chi connectivity index (χ4n) is 2.02. The van der Waals surface area contributed by atoms with Crippen molar-refractivity contribution in [1.29, 1.82) is 0 Å². The molecule has 0 aliphatic carbocycles. The highest BCUT2D eigenvalue weighted by atomic mass is 79.9. The van der Waals surface area contributed by atoms with Gasteiger partial charge >= 0.3 is 0 Å². The highest BCUT2D eigenvalue weighted by Gasteiger charge is 2.10. The minimum atomic E-state index is 0.638. The Labute approximate surface area is 152 Å². The Hall–Kier alpha value is -1.31. The van der Waals surface area contributed by atoms with Gasteiger partial charge in [0, 0.05) is 28.6 Å². The first-order valence-corrected chi connectivity index (χ1v) is 9.80. The molecule has 2 aromatic heterocycles. The first-order valence-electron chi connectivity index (χ1n) is 7.14. The van der Waals surface area contributed by atoms with Crippen LogP contribution in [0.15, 0.2) is 51.4 Å². The van der Waals surface area contributed by atoms with Crippen LogP contribution in [0.2, 0.25) is 0 Å². The summed E-state index contributed by atoms with van der Waals surface area (Å²) in [5.74, 6) is 2.70. The highest BCUT2D eigenvalue weighted by Crippen LogP contribution is 2.20. The van der Waals surface area contributed by atoms with Gasteiger partial charge in [-0.2, -0.15) is 0 Å². The molecule has 0 aliphatic rings. The van der Waals surface area contributed by atoms with Crippen molar-refractivity contribution < 1.29 is 4.74 Å². The summed E-state index contributed by atoms with van der Waals surface area (Å²) in [6.07, 6.45) is 0.830. The molecular formula is C16H16BrN3OS2. The summed E-state index contributed by atoms with van der Waals surface area (Å²) in [7, 11) is 2.01. The lowest BCUT2D eigenvalue weighted by molar-refractivity contribution is 0.344. The maximum Gasteiger partial charge on any atom is 0.191 e. The van der Waals surface area contributed by atoms with Crippen LogP contribution >= 0.6 is 39.0 Å². The molecule has 2 heterocycles. The molecule has 3 rings (SSSR count). The van der Waals surface area contributed by atoms with Crippen LogP contribution in [0, 0.1) is 0 Å². The number of hydrogen-bond donors (Lipinski definition) is 0. The summed E-state index contributed by atoms with van der Waals surface area (Å²) < 4.78 is 8.83. The number of hydrogen-bond acceptors (Lipinski definition) is 5. The van der Waals surface area contributed by atoms with Crippen molar-refractivity contribution in [1.82, 2.24) is 14.8 Å². The molecule has 1 aromatic carbocycles. The average Bonchev–Trinajstić information content (AvgIpc) is 3.18. The highest BCUT2D eigenvalue weighted by molar-refractivity contribution is 9.10. The fourth-order valence-corrected chi connectivity index (χ4v) is 3.73. The van der Waals surface area contributed by atoms with E-state index >= 15 is 0 Å². The molecular weight excluding hydrogens is 394 g/mol. The Morgan fingerprint density at radius 2 is 2.04 bits per heavy atom. The molecule has 120 valence electrons. The van der Waals surface area contributed by atoms with E-state index in [1.807, 2.05) is 31.3 Å². The largest absolute Gasteiger partial charge is 0.493 e. The first kappa shape index (κ1) is 16.5. The molecule has 3 aromatic rings. The van der Waals surface area contributed by atoms with E-state index in [2.05, 4.69) is 48.2 Å². The molecule has 0 saturated carbocycles. The molecule has 0 bridgehead atoms. The Morgan fingerprint density at radius 3 is 2.78 bits per heavy atom. The quantitative estimate of drug-likeness (QED) is 0.428. The number of rotatable bonds is 7. The molecule has 4 nitrogen and oxygen atoms in total. The third kappa shape index (κ3) is 4.59. The Morgan fingerprint density at radius 1 is 1.22 bits per heavy atom. The van der Waals surface area contributed by atoms with Gasteiger partial charge in [-0.3, -0.25) is 0 Å². The lowest BCUT2D eigenvalue weighted by Gasteiger charge is -2.06. The standard InChI is InChI=1S/C16H16BrN3OS2/c1-20-15(11-14-3-2-9-22-14)18-19-16(20)23-10-8-21-13-6-4-12(17)5-7-13/h2-7,9H,8,10-11H2,1H3. The topological polar surface area (TPSA) is 39.9 Å². The zero-order valence-corrected chi connectivity index (χ0v) is 15.8. The van der Waals surface area contributed by atoms with Gasteiger partial charge in [-0.1, -0.05) is 33.8 Å². The van der Waals surface area contributed by atoms with Gasteiger partial charge in [-0.25, -0.2) is 0 Å².